The number of hydrogen-bond donors (Lipinski definition) is 2. The average Bonchev–Trinajstić information content (AvgIpc) is 2.93. The molecule has 8 nitrogen and oxygen atoms in total. The summed E-state index contributed by atoms with van der Waals surface area (Å²) in [7, 11) is 0. The van der Waals surface area contributed by atoms with Crippen LogP contribution < -0.4 is 10.1 Å². The van der Waals surface area contributed by atoms with E-state index < -0.39 is 12.0 Å². The molecule has 3 heterocycles. The molecular formula is C28H38F3N5O3. The smallest absolute Gasteiger partial charge is 0.451 e. The molecule has 2 aliphatic heterocycles. The molecule has 0 unspecified atom stereocenters. The van der Waals surface area contributed by atoms with E-state index in [1.807, 2.05) is 0 Å². The number of fused-ring (bicyclic) bond motifs is 1. The van der Waals surface area contributed by atoms with Crippen molar-refractivity contribution < 1.29 is 27.8 Å². The number of nitrogens with zero attached hydrogens (tertiary/aromatic N) is 4. The highest BCUT2D eigenvalue weighted by Crippen LogP contribution is 2.39. The van der Waals surface area contributed by atoms with Gasteiger partial charge in [0.15, 0.2) is 0 Å². The Morgan fingerprint density at radius 2 is 1.85 bits per heavy atom. The van der Waals surface area contributed by atoms with E-state index in [1.54, 1.807) is 4.90 Å². The second kappa shape index (κ2) is 13.1. The van der Waals surface area contributed by atoms with Crippen LogP contribution in [-0.4, -0.2) is 82.8 Å². The Morgan fingerprint density at radius 1 is 1.10 bits per heavy atom. The van der Waals surface area contributed by atoms with Gasteiger partial charge in [0.25, 0.3) is 5.91 Å². The van der Waals surface area contributed by atoms with Gasteiger partial charge < -0.3 is 20.1 Å². The molecule has 1 amide bonds. The Balaban J connectivity index is 1.36. The van der Waals surface area contributed by atoms with Crippen LogP contribution in [0.2, 0.25) is 0 Å². The summed E-state index contributed by atoms with van der Waals surface area (Å²) in [6.45, 7) is 8.43. The topological polar surface area (TPSA) is 90.8 Å². The number of amides is 1. The van der Waals surface area contributed by atoms with Crippen molar-refractivity contribution in [3.05, 3.63) is 52.6 Å². The molecule has 2 atom stereocenters. The zero-order valence-corrected chi connectivity index (χ0v) is 22.6. The van der Waals surface area contributed by atoms with Gasteiger partial charge in [-0.1, -0.05) is 6.07 Å². The summed E-state index contributed by atoms with van der Waals surface area (Å²) in [5, 5.41) is 12.1. The van der Waals surface area contributed by atoms with E-state index in [-0.39, 0.29) is 30.2 Å². The molecule has 2 fully saturated rings. The summed E-state index contributed by atoms with van der Waals surface area (Å²) < 4.78 is 44.4. The zero-order chi connectivity index (χ0) is 28.0. The van der Waals surface area contributed by atoms with E-state index in [9.17, 15) is 18.0 Å². The Morgan fingerprint density at radius 3 is 2.56 bits per heavy atom. The molecule has 0 radical (unpaired) electrons. The number of halogens is 3. The van der Waals surface area contributed by atoms with Gasteiger partial charge in [-0.25, -0.2) is 9.97 Å². The Kier molecular flexibility index (Phi) is 9.79. The third kappa shape index (κ3) is 7.06. The number of piperidine rings is 1. The molecule has 4 rings (SSSR count). The number of aliphatic hydroxyl groups excluding tert-OH is 1. The molecule has 11 heteroatoms. The maximum atomic E-state index is 13.0. The molecule has 0 aliphatic carbocycles. The number of carbonyl (C=O) groups excluding carboxylic acids is 1. The largest absolute Gasteiger partial charge is 0.493 e. The molecule has 214 valence electrons. The van der Waals surface area contributed by atoms with Crippen molar-refractivity contribution in [2.24, 2.45) is 0 Å². The fraction of sp³-hybridized carbons (Fsp3) is 0.607. The molecule has 1 aromatic carbocycles. The van der Waals surface area contributed by atoms with E-state index in [0.717, 1.165) is 68.9 Å². The monoisotopic (exact) mass is 549 g/mol. The second-order valence-electron chi connectivity index (χ2n) is 10.3. The average molecular weight is 550 g/mol. The van der Waals surface area contributed by atoms with Crippen LogP contribution in [0, 0.1) is 13.8 Å². The lowest BCUT2D eigenvalue weighted by molar-refractivity contribution is -0.145. The Labute approximate surface area is 227 Å². The molecule has 0 spiro atoms. The van der Waals surface area contributed by atoms with Crippen LogP contribution in [0.3, 0.4) is 0 Å². The third-order valence-electron chi connectivity index (χ3n) is 7.79. The van der Waals surface area contributed by atoms with E-state index in [4.69, 9.17) is 9.84 Å². The van der Waals surface area contributed by atoms with Gasteiger partial charge in [-0.2, -0.15) is 13.2 Å². The number of aliphatic hydroxyl groups is 1. The van der Waals surface area contributed by atoms with Crippen LogP contribution in [-0.2, 0) is 6.18 Å². The highest BCUT2D eigenvalue weighted by Gasteiger charge is 2.38. The Bertz CT molecular complexity index is 1110. The first-order chi connectivity index (χ1) is 18.7. The van der Waals surface area contributed by atoms with Crippen molar-refractivity contribution in [2.75, 3.05) is 45.9 Å². The van der Waals surface area contributed by atoms with Gasteiger partial charge in [0, 0.05) is 50.7 Å². The van der Waals surface area contributed by atoms with Crippen molar-refractivity contribution in [3.8, 4) is 5.75 Å². The summed E-state index contributed by atoms with van der Waals surface area (Å²) in [5.74, 6) is -0.678. The van der Waals surface area contributed by atoms with E-state index in [1.165, 1.54) is 11.1 Å². The molecule has 39 heavy (non-hydrogen) atoms. The van der Waals surface area contributed by atoms with Crippen LogP contribution in [0.4, 0.5) is 13.2 Å². The standard InChI is InChI=1S/C28H38F3N5O3/c1-19-20(2)25(39-15-5-11-32-10-4-14-37)9-8-23(19)24-7-3-6-22-18-35(12-13-36(22)24)26(38)21-16-33-27(34-17-21)28(29,30)31/h8-9,16-17,22,24,32,37H,3-7,10-15,18H2,1-2H3/t22-,24+/m0/s1. The van der Waals surface area contributed by atoms with Gasteiger partial charge in [0.2, 0.25) is 5.82 Å². The maximum Gasteiger partial charge on any atom is 0.451 e. The van der Waals surface area contributed by atoms with Crippen molar-refractivity contribution in [3.63, 3.8) is 0 Å². The molecule has 1 aromatic heterocycles. The predicted octanol–water partition coefficient (Wildman–Crippen LogP) is 3.90. The lowest BCUT2D eigenvalue weighted by Gasteiger charge is -2.48. The van der Waals surface area contributed by atoms with Gasteiger partial charge in [-0.3, -0.25) is 9.69 Å². The molecular weight excluding hydrogens is 511 g/mol. The number of hydrogen-bond acceptors (Lipinski definition) is 7. The second-order valence-corrected chi connectivity index (χ2v) is 10.3. The van der Waals surface area contributed by atoms with Crippen LogP contribution >= 0.6 is 0 Å². The fourth-order valence-corrected chi connectivity index (χ4v) is 5.58. The van der Waals surface area contributed by atoms with Crippen molar-refractivity contribution in [1.82, 2.24) is 25.1 Å². The van der Waals surface area contributed by atoms with Crippen LogP contribution in [0.5, 0.6) is 5.75 Å². The summed E-state index contributed by atoms with van der Waals surface area (Å²) in [6.07, 6.45) is 1.99. The summed E-state index contributed by atoms with van der Waals surface area (Å²) in [6, 6.07) is 4.66. The van der Waals surface area contributed by atoms with Gasteiger partial charge in [0.05, 0.1) is 12.2 Å². The van der Waals surface area contributed by atoms with Gasteiger partial charge >= 0.3 is 6.18 Å². The summed E-state index contributed by atoms with van der Waals surface area (Å²) in [4.78, 5) is 23.9. The fourth-order valence-electron chi connectivity index (χ4n) is 5.58. The normalized spacial score (nSPS) is 20.1. The van der Waals surface area contributed by atoms with E-state index in [2.05, 4.69) is 46.2 Å². The van der Waals surface area contributed by atoms with Crippen molar-refractivity contribution >= 4 is 5.91 Å². The van der Waals surface area contributed by atoms with E-state index in [0.29, 0.717) is 26.2 Å². The quantitative estimate of drug-likeness (QED) is 0.435. The van der Waals surface area contributed by atoms with Gasteiger partial charge in [-0.05, 0) is 81.8 Å². The summed E-state index contributed by atoms with van der Waals surface area (Å²) in [5.41, 5.74) is 3.72. The minimum absolute atomic E-state index is 0.0757. The van der Waals surface area contributed by atoms with Crippen LogP contribution in [0.25, 0.3) is 0 Å². The SMILES string of the molecule is Cc1c(OCCCNCCCO)ccc([C@H]2CCC[C@H]3CN(C(=O)c4cnc(C(F)(F)F)nc4)CCN32)c1C. The maximum absolute atomic E-state index is 13.0. The van der Waals surface area contributed by atoms with Gasteiger partial charge in [-0.15, -0.1) is 0 Å². The molecule has 2 saturated heterocycles. The number of benzene rings is 1. The number of carbonyl (C=O) groups is 1. The molecule has 2 aromatic rings. The van der Waals surface area contributed by atoms with Crippen LogP contribution in [0.1, 0.15) is 71.0 Å². The van der Waals surface area contributed by atoms with Crippen LogP contribution in [0.15, 0.2) is 24.5 Å². The molecule has 0 bridgehead atoms. The van der Waals surface area contributed by atoms with Gasteiger partial charge in [0.1, 0.15) is 5.75 Å². The zero-order valence-electron chi connectivity index (χ0n) is 22.6. The first-order valence-corrected chi connectivity index (χ1v) is 13.7. The number of aromatic nitrogens is 2. The molecule has 2 N–H and O–H groups in total. The number of piperazine rings is 1. The third-order valence-corrected chi connectivity index (χ3v) is 7.79. The first-order valence-electron chi connectivity index (χ1n) is 13.7. The minimum Gasteiger partial charge on any atom is -0.493 e. The lowest BCUT2D eigenvalue weighted by Crippen LogP contribution is -2.57. The highest BCUT2D eigenvalue weighted by molar-refractivity contribution is 5.93. The Hall–Kier alpha value is -2.76. The van der Waals surface area contributed by atoms with Crippen molar-refractivity contribution in [2.45, 2.75) is 64.2 Å². The van der Waals surface area contributed by atoms with E-state index >= 15 is 0 Å². The molecule has 0 saturated carbocycles. The highest BCUT2D eigenvalue weighted by atomic mass is 19.4. The predicted molar refractivity (Wildman–Crippen MR) is 141 cm³/mol. The number of nitrogens with one attached hydrogen (secondary N) is 1. The number of ether oxygens (including phenoxy) is 1. The molecule has 2 aliphatic rings. The van der Waals surface area contributed by atoms with Crippen molar-refractivity contribution in [1.29, 1.82) is 0 Å². The number of rotatable bonds is 10. The lowest BCUT2D eigenvalue weighted by atomic mass is 9.86. The first kappa shape index (κ1) is 29.2. The minimum atomic E-state index is -4.64. The number of alkyl halides is 3. The summed E-state index contributed by atoms with van der Waals surface area (Å²) >= 11 is 0.